The van der Waals surface area contributed by atoms with Gasteiger partial charge in [-0.2, -0.15) is 15.8 Å². The molecular formula is C53H49N19O5S. The zero-order valence-electron chi connectivity index (χ0n) is 41.8. The molecule has 0 unspecified atom stereocenters. The minimum atomic E-state index is -0.380. The number of aromatic amines is 1. The summed E-state index contributed by atoms with van der Waals surface area (Å²) in [5.74, 6) is -0.0781. The van der Waals surface area contributed by atoms with Gasteiger partial charge in [0.1, 0.15) is 54.2 Å². The van der Waals surface area contributed by atoms with Gasteiger partial charge in [-0.1, -0.05) is 11.3 Å². The second kappa shape index (κ2) is 21.2. The van der Waals surface area contributed by atoms with Crippen LogP contribution in [-0.4, -0.2) is 139 Å². The van der Waals surface area contributed by atoms with Gasteiger partial charge in [-0.15, -0.1) is 10.2 Å². The maximum Gasteiger partial charge on any atom is 0.236 e. The van der Waals surface area contributed by atoms with Gasteiger partial charge in [-0.3, -0.25) is 14.4 Å². The molecule has 4 N–H and O–H groups in total. The normalized spacial score (nSPS) is 19.6. The van der Waals surface area contributed by atoms with Gasteiger partial charge in [-0.25, -0.2) is 24.9 Å². The number of nitrogens with zero attached hydrogens (tertiary/aromatic N) is 15. The lowest BCUT2D eigenvalue weighted by Gasteiger charge is -2.39. The average molecular weight is 1060 g/mol. The van der Waals surface area contributed by atoms with Crippen molar-refractivity contribution in [3.05, 3.63) is 85.8 Å². The van der Waals surface area contributed by atoms with E-state index in [1.807, 2.05) is 55.0 Å². The fourth-order valence-corrected chi connectivity index (χ4v) is 12.0. The van der Waals surface area contributed by atoms with E-state index in [9.17, 15) is 30.2 Å². The summed E-state index contributed by atoms with van der Waals surface area (Å²) >= 11 is 1.39. The molecule has 12 heterocycles. The van der Waals surface area contributed by atoms with Crippen LogP contribution in [0.3, 0.4) is 0 Å². The van der Waals surface area contributed by atoms with E-state index in [4.69, 9.17) is 18.8 Å². The molecule has 3 aliphatic rings. The highest BCUT2D eigenvalue weighted by Crippen LogP contribution is 2.42. The van der Waals surface area contributed by atoms with Crippen LogP contribution in [0, 0.1) is 34.0 Å². The number of amides is 3. The Morgan fingerprint density at radius 2 is 1.17 bits per heavy atom. The van der Waals surface area contributed by atoms with Crippen molar-refractivity contribution in [3.63, 3.8) is 0 Å². The highest BCUT2D eigenvalue weighted by Gasteiger charge is 2.36. The first kappa shape index (κ1) is 49.2. The van der Waals surface area contributed by atoms with Gasteiger partial charge < -0.3 is 53.6 Å². The zero-order valence-corrected chi connectivity index (χ0v) is 42.6. The second-order valence-corrected chi connectivity index (χ2v) is 20.4. The highest BCUT2D eigenvalue weighted by atomic mass is 32.1. The first-order chi connectivity index (χ1) is 38.2. The van der Waals surface area contributed by atoms with Crippen LogP contribution in [0.4, 0.5) is 17.1 Å². The minimum Gasteiger partial charge on any atom is -0.444 e. The molecule has 0 aromatic carbocycles. The summed E-state index contributed by atoms with van der Waals surface area (Å²) in [6.07, 6.45) is 19.0. The lowest BCUT2D eigenvalue weighted by molar-refractivity contribution is -0.132. The van der Waals surface area contributed by atoms with Gasteiger partial charge in [-0.05, 0) is 43.9 Å². The van der Waals surface area contributed by atoms with Crippen molar-refractivity contribution in [1.29, 1.82) is 15.8 Å². The Hall–Kier alpha value is -9.67. The number of nitriles is 3. The van der Waals surface area contributed by atoms with Crippen molar-refractivity contribution < 1.29 is 23.2 Å². The van der Waals surface area contributed by atoms with Crippen LogP contribution < -0.4 is 16.0 Å². The number of oxazole rings is 2. The summed E-state index contributed by atoms with van der Waals surface area (Å²) < 4.78 is 15.8. The number of nitrogens with one attached hydrogen (secondary N) is 4. The third kappa shape index (κ3) is 9.42. The number of H-pyrrole nitrogens is 1. The number of piperidine rings is 3. The standard InChI is InChI=1S/C53H49N19O5S/c54-9-3-42(73)68-15-1-2-31(25-68)64-47-38-8-17-72(50(38)62-24-41(47)53-67-63-30-78-53)35-21-33(27-70(29-35)44(75)5-11-56)66-46-37-7-16-71(49(37)61-23-40(46)52-59-14-19-77-52)34-20-32(26-69(28-34)43(74)4-10-55)65-45-36-6-12-57-48(36)60-22-39(45)51-58-13-18-76-51/h6-8,12-14,16-19,22-24,30-35H,1-5,15,20-21,25-29H2,(H,61,66)(H,62,64)(H2,57,60,65)/t31-,32-,33+,34+,35-/m1/s1. The number of aromatic nitrogens is 10. The van der Waals surface area contributed by atoms with Gasteiger partial charge in [0.15, 0.2) is 5.01 Å². The van der Waals surface area contributed by atoms with Gasteiger partial charge in [0, 0.05) is 111 Å². The molecule has 0 saturated carbocycles. The quantitative estimate of drug-likeness (QED) is 0.0875. The van der Waals surface area contributed by atoms with Crippen LogP contribution in [0.25, 0.3) is 66.6 Å². The van der Waals surface area contributed by atoms with Crippen molar-refractivity contribution in [2.45, 2.75) is 75.2 Å². The van der Waals surface area contributed by atoms with Crippen LogP contribution in [-0.2, 0) is 14.4 Å². The Bertz CT molecular complexity index is 3810. The van der Waals surface area contributed by atoms with E-state index >= 15 is 0 Å². The predicted molar refractivity (Wildman–Crippen MR) is 285 cm³/mol. The Morgan fingerprint density at radius 1 is 0.641 bits per heavy atom. The summed E-state index contributed by atoms with van der Waals surface area (Å²) in [4.78, 5) is 72.3. The molecule has 12 rings (SSSR count). The fraction of sp³-hybridized carbons (Fsp3) is 0.340. The summed E-state index contributed by atoms with van der Waals surface area (Å²) in [5, 5.41) is 51.5. The minimum absolute atomic E-state index is 0.114. The van der Waals surface area contributed by atoms with E-state index in [-0.39, 0.29) is 73.7 Å². The zero-order chi connectivity index (χ0) is 53.3. The number of carbonyl (C=O) groups is 3. The molecule has 3 amide bonds. The molecule has 25 heteroatoms. The molecule has 0 aliphatic carbocycles. The van der Waals surface area contributed by atoms with E-state index in [1.165, 1.54) is 23.9 Å². The number of likely N-dealkylation sites (tertiary alicyclic amines) is 3. The summed E-state index contributed by atoms with van der Waals surface area (Å²) in [6.45, 7) is 2.25. The maximum absolute atomic E-state index is 13.9. The molecule has 5 atom stereocenters. The van der Waals surface area contributed by atoms with Crippen molar-refractivity contribution >= 4 is 79.2 Å². The smallest absolute Gasteiger partial charge is 0.236 e. The Morgan fingerprint density at radius 3 is 1.72 bits per heavy atom. The number of anilines is 3. The number of hydrogen-bond acceptors (Lipinski definition) is 19. The molecule has 0 radical (unpaired) electrons. The Balaban J connectivity index is 0.886. The molecule has 3 aliphatic heterocycles. The van der Waals surface area contributed by atoms with Crippen molar-refractivity contribution in [2.24, 2.45) is 0 Å². The summed E-state index contributed by atoms with van der Waals surface area (Å²) in [6, 6.07) is 10.5. The number of fused-ring (bicyclic) bond motifs is 3. The van der Waals surface area contributed by atoms with Crippen molar-refractivity contribution in [3.8, 4) is 51.7 Å². The number of rotatable bonds is 14. The topological polar surface area (TPSA) is 311 Å². The molecule has 0 bridgehead atoms. The number of pyridine rings is 3. The molecule has 9 aromatic rings. The van der Waals surface area contributed by atoms with Gasteiger partial charge in [0.25, 0.3) is 0 Å². The molecule has 3 fully saturated rings. The van der Waals surface area contributed by atoms with Crippen LogP contribution in [0.15, 0.2) is 94.6 Å². The monoisotopic (exact) mass is 1060 g/mol. The Labute approximate surface area is 448 Å². The van der Waals surface area contributed by atoms with Crippen LogP contribution in [0.1, 0.15) is 57.0 Å². The fourth-order valence-electron chi connectivity index (χ4n) is 11.4. The lowest BCUT2D eigenvalue weighted by Crippen LogP contribution is -2.49. The van der Waals surface area contributed by atoms with Gasteiger partial charge in [0.05, 0.1) is 76.4 Å². The lowest BCUT2D eigenvalue weighted by atomic mass is 9.98. The molecule has 392 valence electrons. The van der Waals surface area contributed by atoms with Crippen molar-refractivity contribution in [2.75, 3.05) is 55.2 Å². The van der Waals surface area contributed by atoms with E-state index < -0.39 is 0 Å². The summed E-state index contributed by atoms with van der Waals surface area (Å²) in [7, 11) is 0. The molecule has 0 spiro atoms. The van der Waals surface area contributed by atoms with E-state index in [0.717, 1.165) is 45.9 Å². The largest absolute Gasteiger partial charge is 0.444 e. The molecular weight excluding hydrogens is 1010 g/mol. The molecule has 78 heavy (non-hydrogen) atoms. The Kier molecular flexibility index (Phi) is 13.4. The summed E-state index contributed by atoms with van der Waals surface area (Å²) in [5.41, 5.74) is 7.82. The predicted octanol–water partition coefficient (Wildman–Crippen LogP) is 6.74. The average Bonchev–Trinajstić information content (AvgIpc) is 4.45. The van der Waals surface area contributed by atoms with Crippen LogP contribution >= 0.6 is 11.3 Å². The molecule has 9 aromatic heterocycles. The number of carbonyl (C=O) groups excluding carboxylic acids is 3. The SMILES string of the molecule is N#CCC(=O)N1CCC[C@@H](Nc2c(-c3nncs3)cnc3c2ccn3[C@@H]2C[C@H](Nc3c(-c4ncco4)cnc4c3ccn4[C@H]3C[C@@H](Nc4c(-c5ncco5)cnc5[nH]ccc45)CN(C(=O)CC#N)C3)CN(C(=O)CC#N)C2)C1. The highest BCUT2D eigenvalue weighted by molar-refractivity contribution is 7.12. The van der Waals surface area contributed by atoms with Gasteiger partial charge >= 0.3 is 0 Å². The van der Waals surface area contributed by atoms with Crippen molar-refractivity contribution in [1.82, 2.24) is 63.9 Å². The van der Waals surface area contributed by atoms with Crippen LogP contribution in [0.5, 0.6) is 0 Å². The van der Waals surface area contributed by atoms with E-state index in [0.29, 0.717) is 96.1 Å². The van der Waals surface area contributed by atoms with E-state index in [2.05, 4.69) is 55.2 Å². The van der Waals surface area contributed by atoms with E-state index in [1.54, 1.807) is 51.2 Å². The maximum atomic E-state index is 13.9. The third-order valence-electron chi connectivity index (χ3n) is 14.8. The van der Waals surface area contributed by atoms with Crippen LogP contribution in [0.2, 0.25) is 0 Å². The molecule has 3 saturated heterocycles. The first-order valence-corrected chi connectivity index (χ1v) is 26.4. The third-order valence-corrected chi connectivity index (χ3v) is 15.6. The first-order valence-electron chi connectivity index (χ1n) is 25.5. The molecule has 24 nitrogen and oxygen atoms in total. The number of hydrogen-bond donors (Lipinski definition) is 4. The second-order valence-electron chi connectivity index (χ2n) is 19.6. The van der Waals surface area contributed by atoms with Gasteiger partial charge in [0.2, 0.25) is 29.5 Å².